The van der Waals surface area contributed by atoms with Gasteiger partial charge in [-0.1, -0.05) is 363 Å². The van der Waals surface area contributed by atoms with Crippen LogP contribution in [0.1, 0.15) is 414 Å². The molecule has 3 N–H and O–H groups in total. The van der Waals surface area contributed by atoms with Crippen LogP contribution < -0.4 is 0 Å². The van der Waals surface area contributed by atoms with Crippen LogP contribution in [0.4, 0.5) is 0 Å². The molecule has 0 rings (SSSR count). The molecule has 0 aromatic heterocycles. The largest absolute Gasteiger partial charge is 0.472 e. The Hall–Kier alpha value is -1.94. The first-order chi connectivity index (χ1) is 47.4. The number of phosphoric ester groups is 2. The predicted octanol–water partition coefficient (Wildman–Crippen LogP) is 23.5. The van der Waals surface area contributed by atoms with Crippen molar-refractivity contribution in [3.05, 3.63) is 0 Å². The molecule has 0 saturated heterocycles. The Morgan fingerprint density at radius 1 is 0.296 bits per heavy atom. The van der Waals surface area contributed by atoms with Gasteiger partial charge in [0.2, 0.25) is 0 Å². The van der Waals surface area contributed by atoms with E-state index in [1.165, 1.54) is 231 Å². The summed E-state index contributed by atoms with van der Waals surface area (Å²) in [6, 6.07) is 0. The van der Waals surface area contributed by atoms with E-state index < -0.39 is 97.5 Å². The molecule has 0 saturated carbocycles. The summed E-state index contributed by atoms with van der Waals surface area (Å²) < 4.78 is 68.5. The summed E-state index contributed by atoms with van der Waals surface area (Å²) in [5, 5.41) is 10.6. The second-order valence-corrected chi connectivity index (χ2v) is 32.1. The molecule has 3 unspecified atom stereocenters. The van der Waals surface area contributed by atoms with Gasteiger partial charge in [-0.15, -0.1) is 0 Å². The summed E-state index contributed by atoms with van der Waals surface area (Å²) in [5.41, 5.74) is 0. The van der Waals surface area contributed by atoms with E-state index in [0.29, 0.717) is 25.7 Å². The van der Waals surface area contributed by atoms with Gasteiger partial charge in [-0.05, 0) is 37.5 Å². The van der Waals surface area contributed by atoms with Gasteiger partial charge >= 0.3 is 39.5 Å². The minimum atomic E-state index is -4.96. The maximum absolute atomic E-state index is 13.1. The van der Waals surface area contributed by atoms with Gasteiger partial charge in [0.05, 0.1) is 26.4 Å². The van der Waals surface area contributed by atoms with Gasteiger partial charge in [-0.3, -0.25) is 37.3 Å². The maximum Gasteiger partial charge on any atom is 0.472 e. The molecule has 17 nitrogen and oxygen atoms in total. The van der Waals surface area contributed by atoms with Crippen molar-refractivity contribution in [2.45, 2.75) is 432 Å². The van der Waals surface area contributed by atoms with E-state index in [2.05, 4.69) is 41.5 Å². The number of carbonyl (C=O) groups is 4. The molecule has 0 aliphatic heterocycles. The number of esters is 4. The van der Waals surface area contributed by atoms with Gasteiger partial charge in [0.1, 0.15) is 19.3 Å². The molecule has 6 atom stereocenters. The number of phosphoric acid groups is 2. The van der Waals surface area contributed by atoms with Gasteiger partial charge in [-0.25, -0.2) is 9.13 Å². The van der Waals surface area contributed by atoms with Gasteiger partial charge in [0.15, 0.2) is 12.2 Å². The zero-order chi connectivity index (χ0) is 72.1. The summed E-state index contributed by atoms with van der Waals surface area (Å²) >= 11 is 0. The number of carbonyl (C=O) groups excluding carboxylic acids is 4. The normalized spacial score (nSPS) is 14.2. The quantitative estimate of drug-likeness (QED) is 0.0222. The molecule has 98 heavy (non-hydrogen) atoms. The molecular formula is C79H154O17P2. The monoisotopic (exact) mass is 1440 g/mol. The number of unbranched alkanes of at least 4 members (excludes halogenated alkanes) is 47. The first kappa shape index (κ1) is 96.1. The first-order valence-corrected chi connectivity index (χ1v) is 44.0. The fraction of sp³-hybridized carbons (Fsp3) is 0.949. The van der Waals surface area contributed by atoms with Crippen LogP contribution in [0.25, 0.3) is 0 Å². The highest BCUT2D eigenvalue weighted by molar-refractivity contribution is 7.47. The van der Waals surface area contributed by atoms with E-state index in [1.807, 2.05) is 0 Å². The van der Waals surface area contributed by atoms with Gasteiger partial charge in [0, 0.05) is 25.7 Å². The highest BCUT2D eigenvalue weighted by atomic mass is 31.2. The fourth-order valence-electron chi connectivity index (χ4n) is 12.2. The number of hydrogen-bond acceptors (Lipinski definition) is 15. The third-order valence-electron chi connectivity index (χ3n) is 18.8. The number of aliphatic hydroxyl groups excluding tert-OH is 1. The molecule has 0 radical (unpaired) electrons. The van der Waals surface area contributed by atoms with Gasteiger partial charge < -0.3 is 33.8 Å². The molecule has 0 spiro atoms. The van der Waals surface area contributed by atoms with Crippen LogP contribution in [-0.4, -0.2) is 96.7 Å². The summed E-state index contributed by atoms with van der Waals surface area (Å²) in [5.74, 6) is -0.450. The summed E-state index contributed by atoms with van der Waals surface area (Å²) in [7, 11) is -9.91. The SMILES string of the molecule is CCCCCCCCCCCCCC(=O)O[C@H](COC(=O)CCCCCCCCCCC)COP(=O)(O)OC[C@H](O)COP(=O)(O)OC[C@@H](COC(=O)CCCCCCCCCCCCCCCC(C)C)OC(=O)CCCCCCCCCCCCCCCCCCCCC(C)CC. The van der Waals surface area contributed by atoms with Crippen molar-refractivity contribution in [2.24, 2.45) is 11.8 Å². The average molecular weight is 1440 g/mol. The maximum atomic E-state index is 13.1. The molecule has 0 aliphatic carbocycles. The minimum Gasteiger partial charge on any atom is -0.462 e. The van der Waals surface area contributed by atoms with Crippen LogP contribution in [0, 0.1) is 11.8 Å². The van der Waals surface area contributed by atoms with Crippen LogP contribution in [0.3, 0.4) is 0 Å². The van der Waals surface area contributed by atoms with Crippen molar-refractivity contribution < 1.29 is 80.2 Å². The zero-order valence-electron chi connectivity index (χ0n) is 64.1. The molecule has 0 fully saturated rings. The molecule has 0 amide bonds. The number of hydrogen-bond donors (Lipinski definition) is 3. The fourth-order valence-corrected chi connectivity index (χ4v) is 13.7. The van der Waals surface area contributed by atoms with Crippen molar-refractivity contribution in [3.8, 4) is 0 Å². The van der Waals surface area contributed by atoms with E-state index in [1.54, 1.807) is 0 Å². The Labute approximate surface area is 600 Å². The number of aliphatic hydroxyl groups is 1. The molecule has 0 aliphatic rings. The average Bonchev–Trinajstić information content (AvgIpc) is 1.01. The van der Waals surface area contributed by atoms with E-state index in [0.717, 1.165) is 102 Å². The Kier molecular flexibility index (Phi) is 69.3. The topological polar surface area (TPSA) is 237 Å². The van der Waals surface area contributed by atoms with Gasteiger partial charge in [-0.2, -0.15) is 0 Å². The standard InChI is InChI=1S/C79H154O17P2/c1-7-10-12-14-16-18-30-39-45-51-57-63-78(83)95-74(67-89-76(81)61-55-49-43-35-17-15-13-11-8-2)69-93-97(85,86)91-65-73(80)66-92-98(87,88)94-70-75(68-90-77(82)62-56-50-44-38-33-29-25-26-31-36-41-47-53-59-71(4)5)96-79(84)64-58-52-46-40-34-28-24-22-20-19-21-23-27-32-37-42-48-54-60-72(6)9-3/h71-75,80H,7-70H2,1-6H3,(H,85,86)(H,87,88)/t72?,73-,74+,75+/m0/s1. The summed E-state index contributed by atoms with van der Waals surface area (Å²) in [6.07, 6.45) is 59.6. The van der Waals surface area contributed by atoms with Crippen molar-refractivity contribution in [1.82, 2.24) is 0 Å². The van der Waals surface area contributed by atoms with Crippen LogP contribution in [0.15, 0.2) is 0 Å². The van der Waals surface area contributed by atoms with Crippen molar-refractivity contribution in [1.29, 1.82) is 0 Å². The Morgan fingerprint density at radius 3 is 0.776 bits per heavy atom. The van der Waals surface area contributed by atoms with Crippen LogP contribution >= 0.6 is 15.6 Å². The lowest BCUT2D eigenvalue weighted by molar-refractivity contribution is -0.161. The highest BCUT2D eigenvalue weighted by Gasteiger charge is 2.30. The molecular weight excluding hydrogens is 1280 g/mol. The highest BCUT2D eigenvalue weighted by Crippen LogP contribution is 2.45. The first-order valence-electron chi connectivity index (χ1n) is 41.0. The number of ether oxygens (including phenoxy) is 4. The Balaban J connectivity index is 5.18. The van der Waals surface area contributed by atoms with Crippen molar-refractivity contribution in [2.75, 3.05) is 39.6 Å². The lowest BCUT2D eigenvalue weighted by atomic mass is 9.99. The molecule has 0 heterocycles. The van der Waals surface area contributed by atoms with E-state index in [9.17, 15) is 43.2 Å². The lowest BCUT2D eigenvalue weighted by Crippen LogP contribution is -2.30. The molecule has 0 aromatic rings. The van der Waals surface area contributed by atoms with Crippen LogP contribution in [-0.2, 0) is 65.4 Å². The van der Waals surface area contributed by atoms with Crippen LogP contribution in [0.2, 0.25) is 0 Å². The lowest BCUT2D eigenvalue weighted by Gasteiger charge is -2.21. The molecule has 0 aromatic carbocycles. The smallest absolute Gasteiger partial charge is 0.462 e. The second-order valence-electron chi connectivity index (χ2n) is 29.2. The third-order valence-corrected chi connectivity index (χ3v) is 20.7. The van der Waals surface area contributed by atoms with E-state index in [4.69, 9.17) is 37.0 Å². The number of rotatable bonds is 78. The Bertz CT molecular complexity index is 1890. The molecule has 19 heteroatoms. The Morgan fingerprint density at radius 2 is 0.520 bits per heavy atom. The minimum absolute atomic E-state index is 0.107. The van der Waals surface area contributed by atoms with E-state index in [-0.39, 0.29) is 25.7 Å². The molecule has 0 bridgehead atoms. The second kappa shape index (κ2) is 70.7. The summed E-state index contributed by atoms with van der Waals surface area (Å²) in [6.45, 7) is 9.68. The van der Waals surface area contributed by atoms with Crippen LogP contribution in [0.5, 0.6) is 0 Å². The third kappa shape index (κ3) is 71.1. The molecule has 582 valence electrons. The van der Waals surface area contributed by atoms with Gasteiger partial charge in [0.25, 0.3) is 0 Å². The van der Waals surface area contributed by atoms with Crippen molar-refractivity contribution >= 4 is 39.5 Å². The van der Waals surface area contributed by atoms with Crippen molar-refractivity contribution in [3.63, 3.8) is 0 Å². The summed E-state index contributed by atoms with van der Waals surface area (Å²) in [4.78, 5) is 72.8. The zero-order valence-corrected chi connectivity index (χ0v) is 65.9. The predicted molar refractivity (Wildman–Crippen MR) is 400 cm³/mol. The van der Waals surface area contributed by atoms with E-state index >= 15 is 0 Å².